The summed E-state index contributed by atoms with van der Waals surface area (Å²) in [5.41, 5.74) is 0.610. The Hall–Kier alpha value is -1.06. The summed E-state index contributed by atoms with van der Waals surface area (Å²) in [4.78, 5) is 0. The molecule has 0 saturated carbocycles. The Bertz CT molecular complexity index is 230. The zero-order valence-corrected chi connectivity index (χ0v) is 7.11. The van der Waals surface area contributed by atoms with Crippen molar-refractivity contribution in [3.05, 3.63) is 29.8 Å². The molecule has 0 bridgehead atoms. The van der Waals surface area contributed by atoms with Gasteiger partial charge >= 0.3 is 0 Å². The number of methoxy groups -OCH3 is 2. The van der Waals surface area contributed by atoms with E-state index in [4.69, 9.17) is 4.74 Å². The second-order valence-corrected chi connectivity index (χ2v) is 2.34. The Labute approximate surface area is 71.5 Å². The van der Waals surface area contributed by atoms with Gasteiger partial charge in [0.15, 0.2) is 0 Å². The Morgan fingerprint density at radius 3 is 2.17 bits per heavy atom. The summed E-state index contributed by atoms with van der Waals surface area (Å²) < 4.78 is 9.55. The molecule has 0 aliphatic rings. The first-order valence-corrected chi connectivity index (χ1v) is 3.60. The summed E-state index contributed by atoms with van der Waals surface area (Å²) in [7, 11) is 2.97. The molecule has 1 unspecified atom stereocenters. The number of rotatable bonds is 3. The highest BCUT2D eigenvalue weighted by molar-refractivity contribution is 5.27. The van der Waals surface area contributed by atoms with Crippen LogP contribution in [0.4, 0.5) is 0 Å². The van der Waals surface area contributed by atoms with Gasteiger partial charge in [-0.2, -0.15) is 5.11 Å². The average molecular weight is 167 g/mol. The van der Waals surface area contributed by atoms with Gasteiger partial charge < -0.3 is 9.47 Å². The second-order valence-electron chi connectivity index (χ2n) is 2.34. The minimum Gasteiger partial charge on any atom is -0.497 e. The van der Waals surface area contributed by atoms with Crippen LogP contribution < -0.4 is 4.74 Å². The molecule has 0 saturated heterocycles. The second kappa shape index (κ2) is 4.09. The maximum atomic E-state index is 11.0. The minimum absolute atomic E-state index is 0.610. The van der Waals surface area contributed by atoms with Gasteiger partial charge in [-0.05, 0) is 12.1 Å². The molecule has 1 aromatic carbocycles. The molecule has 1 atom stereocenters. The first-order valence-electron chi connectivity index (χ1n) is 3.60. The van der Waals surface area contributed by atoms with Crippen molar-refractivity contribution < 1.29 is 14.6 Å². The van der Waals surface area contributed by atoms with Gasteiger partial charge in [-0.15, -0.1) is 0 Å². The monoisotopic (exact) mass is 167 g/mol. The van der Waals surface area contributed by atoms with Gasteiger partial charge in [-0.25, -0.2) is 0 Å². The van der Waals surface area contributed by atoms with Crippen LogP contribution in [-0.4, -0.2) is 14.2 Å². The lowest BCUT2D eigenvalue weighted by Gasteiger charge is -2.06. The molecule has 3 nitrogen and oxygen atoms in total. The summed E-state index contributed by atoms with van der Waals surface area (Å²) in [6.07, 6.45) is -1.10. The Kier molecular flexibility index (Phi) is 3.08. The Morgan fingerprint density at radius 1 is 1.17 bits per heavy atom. The molecule has 0 heterocycles. The number of hydrogen-bond donors (Lipinski definition) is 0. The third kappa shape index (κ3) is 1.96. The van der Waals surface area contributed by atoms with Gasteiger partial charge in [0.1, 0.15) is 5.75 Å². The fourth-order valence-corrected chi connectivity index (χ4v) is 0.897. The van der Waals surface area contributed by atoms with Gasteiger partial charge in [0.05, 0.1) is 7.11 Å². The number of ether oxygens (including phenoxy) is 2. The van der Waals surface area contributed by atoms with Crippen LogP contribution in [0.25, 0.3) is 0 Å². The van der Waals surface area contributed by atoms with Crippen molar-refractivity contribution in [2.75, 3.05) is 14.2 Å². The maximum absolute atomic E-state index is 11.0. The standard InChI is InChI=1S/C9H11O3/c1-11-8-5-3-7(4-6-8)9(10)12-2/h3-6,9H,1-2H3. The highest BCUT2D eigenvalue weighted by atomic mass is 16.6. The molecule has 0 fully saturated rings. The molecular formula is C9H11O3. The van der Waals surface area contributed by atoms with E-state index in [1.54, 1.807) is 31.4 Å². The first-order chi connectivity index (χ1) is 5.77. The summed E-state index contributed by atoms with van der Waals surface area (Å²) >= 11 is 0. The quantitative estimate of drug-likeness (QED) is 0.643. The van der Waals surface area contributed by atoms with Crippen molar-refractivity contribution in [1.29, 1.82) is 0 Å². The summed E-state index contributed by atoms with van der Waals surface area (Å²) in [6.45, 7) is 0. The predicted molar refractivity (Wildman–Crippen MR) is 43.4 cm³/mol. The van der Waals surface area contributed by atoms with Gasteiger partial charge in [-0.3, -0.25) is 0 Å². The van der Waals surface area contributed by atoms with E-state index in [1.165, 1.54) is 7.11 Å². The molecule has 1 aromatic rings. The molecule has 1 radical (unpaired) electrons. The molecule has 3 heteroatoms. The molecule has 0 amide bonds. The SMILES string of the molecule is COc1ccc(C([O])OC)cc1. The molecule has 1 rings (SSSR count). The van der Waals surface area contributed by atoms with Crippen molar-refractivity contribution in [2.45, 2.75) is 6.29 Å². The van der Waals surface area contributed by atoms with Gasteiger partial charge in [0.2, 0.25) is 6.29 Å². The van der Waals surface area contributed by atoms with E-state index in [0.29, 0.717) is 5.56 Å². The third-order valence-electron chi connectivity index (χ3n) is 1.60. The largest absolute Gasteiger partial charge is 0.497 e. The van der Waals surface area contributed by atoms with E-state index in [-0.39, 0.29) is 0 Å². The maximum Gasteiger partial charge on any atom is 0.217 e. The molecule has 65 valence electrons. The smallest absolute Gasteiger partial charge is 0.217 e. The third-order valence-corrected chi connectivity index (χ3v) is 1.60. The van der Waals surface area contributed by atoms with Crippen LogP contribution in [-0.2, 0) is 9.84 Å². The Morgan fingerprint density at radius 2 is 1.75 bits per heavy atom. The highest BCUT2D eigenvalue weighted by Gasteiger charge is 2.06. The van der Waals surface area contributed by atoms with Crippen LogP contribution >= 0.6 is 0 Å². The van der Waals surface area contributed by atoms with E-state index in [1.807, 2.05) is 0 Å². The molecular weight excluding hydrogens is 156 g/mol. The van der Waals surface area contributed by atoms with Crippen LogP contribution in [0.5, 0.6) is 5.75 Å². The predicted octanol–water partition coefficient (Wildman–Crippen LogP) is 1.77. The van der Waals surface area contributed by atoms with Crippen molar-refractivity contribution in [2.24, 2.45) is 0 Å². The van der Waals surface area contributed by atoms with Crippen LogP contribution in [0.15, 0.2) is 24.3 Å². The van der Waals surface area contributed by atoms with E-state index >= 15 is 0 Å². The normalized spacial score (nSPS) is 12.6. The van der Waals surface area contributed by atoms with E-state index in [9.17, 15) is 5.11 Å². The molecule has 0 aliphatic carbocycles. The Balaban J connectivity index is 2.77. The molecule has 12 heavy (non-hydrogen) atoms. The van der Waals surface area contributed by atoms with Crippen molar-refractivity contribution in [3.63, 3.8) is 0 Å². The van der Waals surface area contributed by atoms with Crippen molar-refractivity contribution in [1.82, 2.24) is 0 Å². The van der Waals surface area contributed by atoms with Crippen LogP contribution in [0, 0.1) is 0 Å². The lowest BCUT2D eigenvalue weighted by Crippen LogP contribution is -1.97. The fraction of sp³-hybridized carbons (Fsp3) is 0.333. The summed E-state index contributed by atoms with van der Waals surface area (Å²) in [5, 5.41) is 11.0. The summed E-state index contributed by atoms with van der Waals surface area (Å²) in [5.74, 6) is 0.738. The van der Waals surface area contributed by atoms with E-state index in [2.05, 4.69) is 4.74 Å². The van der Waals surface area contributed by atoms with Crippen LogP contribution in [0.2, 0.25) is 0 Å². The zero-order chi connectivity index (χ0) is 8.97. The van der Waals surface area contributed by atoms with Gasteiger partial charge in [-0.1, -0.05) is 12.1 Å². The number of hydrogen-bond acceptors (Lipinski definition) is 2. The van der Waals surface area contributed by atoms with E-state index in [0.717, 1.165) is 5.75 Å². The molecule has 0 aliphatic heterocycles. The number of benzene rings is 1. The first kappa shape index (κ1) is 9.03. The van der Waals surface area contributed by atoms with E-state index < -0.39 is 6.29 Å². The minimum atomic E-state index is -1.10. The van der Waals surface area contributed by atoms with Gasteiger partial charge in [0.25, 0.3) is 0 Å². The fourth-order valence-electron chi connectivity index (χ4n) is 0.897. The molecule has 0 N–H and O–H groups in total. The van der Waals surface area contributed by atoms with Crippen LogP contribution in [0.3, 0.4) is 0 Å². The summed E-state index contributed by atoms with van der Waals surface area (Å²) in [6, 6.07) is 6.86. The average Bonchev–Trinajstić information content (AvgIpc) is 2.17. The highest BCUT2D eigenvalue weighted by Crippen LogP contribution is 2.17. The van der Waals surface area contributed by atoms with Gasteiger partial charge in [0, 0.05) is 12.7 Å². The molecule has 0 spiro atoms. The van der Waals surface area contributed by atoms with Crippen molar-refractivity contribution in [3.8, 4) is 5.75 Å². The van der Waals surface area contributed by atoms with Crippen LogP contribution in [0.1, 0.15) is 11.9 Å². The molecule has 0 aromatic heterocycles. The topological polar surface area (TPSA) is 38.4 Å². The zero-order valence-electron chi connectivity index (χ0n) is 7.11. The van der Waals surface area contributed by atoms with Crippen molar-refractivity contribution >= 4 is 0 Å². The lowest BCUT2D eigenvalue weighted by molar-refractivity contribution is -0.123. The lowest BCUT2D eigenvalue weighted by atomic mass is 10.2.